The second-order valence-corrected chi connectivity index (χ2v) is 34.7. The maximum absolute atomic E-state index is 6.08. The number of benzene rings is 14. The molecule has 0 atom stereocenters. The van der Waals surface area contributed by atoms with Gasteiger partial charge in [-0.2, -0.15) is 0 Å². The zero-order valence-corrected chi connectivity index (χ0v) is 80.0. The van der Waals surface area contributed by atoms with E-state index in [0.29, 0.717) is 19.8 Å². The summed E-state index contributed by atoms with van der Waals surface area (Å²) in [6.45, 7) is 32.0. The Bertz CT molecular complexity index is 4770. The van der Waals surface area contributed by atoms with Crippen molar-refractivity contribution in [1.29, 1.82) is 0 Å². The van der Waals surface area contributed by atoms with Gasteiger partial charge in [-0.3, -0.25) is 4.52 Å². The zero-order chi connectivity index (χ0) is 90.3. The lowest BCUT2D eigenvalue weighted by molar-refractivity contribution is 0.176. The van der Waals surface area contributed by atoms with Gasteiger partial charge in [-0.05, 0) is 289 Å². The minimum absolute atomic E-state index is 0.645. The summed E-state index contributed by atoms with van der Waals surface area (Å²) in [7, 11) is -7.41. The van der Waals surface area contributed by atoms with Gasteiger partial charge in [0.1, 0.15) is 80.5 Å². The number of aryl methyl sites for hydroxylation is 12. The van der Waals surface area contributed by atoms with Crippen LogP contribution in [0.3, 0.4) is 0 Å². The molecule has 0 spiro atoms. The molecule has 0 bridgehead atoms. The fraction of sp³-hybridized carbons (Fsp3) is 0.184. The summed E-state index contributed by atoms with van der Waals surface area (Å²) in [6.07, 6.45) is 0. The lowest BCUT2D eigenvalue weighted by Crippen LogP contribution is -2.04. The van der Waals surface area contributed by atoms with Crippen LogP contribution in [0.5, 0.6) is 80.5 Å². The first-order valence-corrected chi connectivity index (χ1v) is 47.8. The van der Waals surface area contributed by atoms with Crippen molar-refractivity contribution < 1.29 is 81.4 Å². The van der Waals surface area contributed by atoms with E-state index in [1.165, 1.54) is 33.4 Å². The molecular formula is C103H112O18P6. The minimum Gasteiger partial charge on any atom is -0.418 e. The summed E-state index contributed by atoms with van der Waals surface area (Å²) in [6, 6.07) is 113. The van der Waals surface area contributed by atoms with E-state index < -0.39 is 51.6 Å². The second kappa shape index (κ2) is 55.3. The fourth-order valence-electron chi connectivity index (χ4n) is 10.5. The lowest BCUT2D eigenvalue weighted by atomic mass is 10.2. The Morgan fingerprint density at radius 1 is 0.165 bits per heavy atom. The van der Waals surface area contributed by atoms with Crippen LogP contribution in [-0.2, 0) is 18.1 Å². The number of hydrogen-bond donors (Lipinski definition) is 0. The van der Waals surface area contributed by atoms with Gasteiger partial charge in [0, 0.05) is 7.11 Å². The van der Waals surface area contributed by atoms with Crippen molar-refractivity contribution in [3.8, 4) is 80.5 Å². The molecule has 0 aliphatic carbocycles. The van der Waals surface area contributed by atoms with Crippen LogP contribution in [0, 0.1) is 83.1 Å². The SMILES string of the molecule is CCOP(OCC)OCC.COP(Oc1ccccc1)Oc1ccccc1.Cc1ccc(OP(Oc2ccc(C)cc2)Oc2ccc(C)cc2)cc1.Cc1ccc(OP(Oc2ccc(C)cc2)Oc2ccc(C)cc2)cc1.Cc1cccc(OP(Oc2cccc(C)c2)Oc2cccc(C)c2)c1.Cc1ccccc1OP(Oc1ccccc1C)Oc1ccccc1C. The lowest BCUT2D eigenvalue weighted by Gasteiger charge is -2.20. The van der Waals surface area contributed by atoms with E-state index in [-0.39, 0.29) is 0 Å². The summed E-state index contributed by atoms with van der Waals surface area (Å²) in [5, 5.41) is 0. The first kappa shape index (κ1) is 99.5. The van der Waals surface area contributed by atoms with E-state index in [0.717, 1.165) is 114 Å². The highest BCUT2D eigenvalue weighted by Crippen LogP contribution is 2.49. The molecule has 18 nitrogen and oxygen atoms in total. The Hall–Kier alpha value is -11.3. The zero-order valence-electron chi connectivity index (χ0n) is 74.6. The molecule has 0 N–H and O–H groups in total. The van der Waals surface area contributed by atoms with Crippen LogP contribution < -0.4 is 63.3 Å². The summed E-state index contributed by atoms with van der Waals surface area (Å²) in [4.78, 5) is 0. The van der Waals surface area contributed by atoms with Gasteiger partial charge in [-0.1, -0.05) is 234 Å². The maximum atomic E-state index is 6.08. The van der Waals surface area contributed by atoms with E-state index in [9.17, 15) is 0 Å². The van der Waals surface area contributed by atoms with Crippen molar-refractivity contribution >= 4 is 51.6 Å². The third-order valence-electron chi connectivity index (χ3n) is 17.2. The molecule has 0 radical (unpaired) electrons. The van der Waals surface area contributed by atoms with Crippen molar-refractivity contribution in [1.82, 2.24) is 0 Å². The van der Waals surface area contributed by atoms with Crippen molar-refractivity contribution in [2.24, 2.45) is 0 Å². The molecule has 127 heavy (non-hydrogen) atoms. The van der Waals surface area contributed by atoms with E-state index in [2.05, 4.69) is 0 Å². The topological polar surface area (TPSA) is 166 Å². The molecule has 0 fully saturated rings. The molecule has 0 aliphatic rings. The van der Waals surface area contributed by atoms with Gasteiger partial charge >= 0.3 is 51.6 Å². The van der Waals surface area contributed by atoms with Crippen molar-refractivity contribution in [2.45, 2.75) is 104 Å². The largest absolute Gasteiger partial charge is 0.530 e. The molecule has 0 unspecified atom stereocenters. The van der Waals surface area contributed by atoms with Gasteiger partial charge in [0.25, 0.3) is 0 Å². The number of hydrogen-bond acceptors (Lipinski definition) is 18. The second-order valence-electron chi connectivity index (χ2n) is 28.3. The van der Waals surface area contributed by atoms with Crippen LogP contribution in [0.25, 0.3) is 0 Å². The van der Waals surface area contributed by atoms with Gasteiger partial charge in [0.2, 0.25) is 0 Å². The maximum Gasteiger partial charge on any atom is 0.530 e. The van der Waals surface area contributed by atoms with Crippen molar-refractivity contribution in [2.75, 3.05) is 26.9 Å². The summed E-state index contributed by atoms with van der Waals surface area (Å²) < 4.78 is 104. The number of rotatable bonds is 35. The van der Waals surface area contributed by atoms with Crippen LogP contribution in [0.2, 0.25) is 0 Å². The van der Waals surface area contributed by atoms with Gasteiger partial charge in [0.15, 0.2) is 0 Å². The average Bonchev–Trinajstić information content (AvgIpc) is 0.854. The summed E-state index contributed by atoms with van der Waals surface area (Å²) >= 11 is 0. The van der Waals surface area contributed by atoms with E-state index in [4.69, 9.17) is 81.4 Å². The molecule has 0 aromatic heterocycles. The van der Waals surface area contributed by atoms with Gasteiger partial charge < -0.3 is 76.9 Å². The molecule has 14 aromatic rings. The highest BCUT2D eigenvalue weighted by molar-refractivity contribution is 7.44. The summed E-state index contributed by atoms with van der Waals surface area (Å²) in [5.74, 6) is 10.2. The van der Waals surface area contributed by atoms with Crippen LogP contribution in [0.1, 0.15) is 87.5 Å². The molecule has 24 heteroatoms. The highest BCUT2D eigenvalue weighted by atomic mass is 31.2. The predicted octanol–water partition coefficient (Wildman–Crippen LogP) is 31.8. The quantitative estimate of drug-likeness (QED) is 0.0344. The highest BCUT2D eigenvalue weighted by Gasteiger charge is 2.26. The molecule has 0 aliphatic heterocycles. The third kappa shape index (κ3) is 38.4. The Morgan fingerprint density at radius 3 is 0.567 bits per heavy atom. The van der Waals surface area contributed by atoms with Gasteiger partial charge in [0.05, 0.1) is 19.8 Å². The van der Waals surface area contributed by atoms with Gasteiger partial charge in [-0.15, -0.1) is 0 Å². The van der Waals surface area contributed by atoms with Crippen LogP contribution in [0.15, 0.2) is 352 Å². The Kier molecular flexibility index (Phi) is 43.3. The van der Waals surface area contributed by atoms with Crippen LogP contribution in [0.4, 0.5) is 0 Å². The van der Waals surface area contributed by atoms with E-state index in [1.54, 1.807) is 7.11 Å². The normalized spacial score (nSPS) is 10.5. The summed E-state index contributed by atoms with van der Waals surface area (Å²) in [5.41, 5.74) is 13.5. The van der Waals surface area contributed by atoms with E-state index >= 15 is 0 Å². The number of para-hydroxylation sites is 5. The fourth-order valence-corrected chi connectivity index (χ4v) is 16.3. The van der Waals surface area contributed by atoms with E-state index in [1.807, 2.05) is 456 Å². The molecular weight excluding hydrogens is 1710 g/mol. The van der Waals surface area contributed by atoms with Crippen molar-refractivity contribution in [3.63, 3.8) is 0 Å². The molecule has 0 heterocycles. The molecule has 14 aromatic carbocycles. The monoisotopic (exact) mass is 1820 g/mol. The average molecular weight is 1820 g/mol. The predicted molar refractivity (Wildman–Crippen MR) is 519 cm³/mol. The Morgan fingerprint density at radius 2 is 0.354 bits per heavy atom. The molecule has 0 saturated heterocycles. The third-order valence-corrected chi connectivity index (χ3v) is 23.9. The first-order valence-electron chi connectivity index (χ1n) is 41.2. The standard InChI is InChI=1S/4C21H21O3P.C13H13O3P.C6H15O3P/c2*1-16-4-10-19(11-5-16)22-25(23-20-12-6-17(2)7-13-20)24-21-14-8-18(3)9-15-21;1-16-7-4-10-19(13-16)22-25(23-20-11-5-8-17(2)14-20)24-21-12-6-9-18(3)15-21;1-16-10-4-7-13-19(16)22-25(23-20-14-8-5-11-17(20)2)24-21-15-9-6-12-18(21)3;1-14-17(15-12-8-4-2-5-9-12)16-13-10-6-3-7-11-13;1-4-7-10(8-5-2)9-6-3/h4*4-15H,1-3H3;2-11H,1H3;4-6H2,1-3H3. The Labute approximate surface area is 758 Å². The molecule has 0 amide bonds. The van der Waals surface area contributed by atoms with Crippen molar-refractivity contribution in [3.05, 3.63) is 419 Å². The van der Waals surface area contributed by atoms with Gasteiger partial charge in [-0.25, -0.2) is 0 Å². The minimum atomic E-state index is -1.64. The smallest absolute Gasteiger partial charge is 0.418 e. The molecule has 662 valence electrons. The molecule has 14 rings (SSSR count). The Balaban J connectivity index is 0.000000175. The van der Waals surface area contributed by atoms with Crippen LogP contribution >= 0.6 is 51.6 Å². The van der Waals surface area contributed by atoms with Crippen LogP contribution in [-0.4, -0.2) is 26.9 Å². The first-order chi connectivity index (χ1) is 61.6. The molecule has 0 saturated carbocycles.